The smallest absolute Gasteiger partial charge is 0.329 e. The molecule has 0 aromatic heterocycles. The number of halogens is 1. The van der Waals surface area contributed by atoms with Crippen LogP contribution in [0.4, 0.5) is 5.69 Å². The van der Waals surface area contributed by atoms with Crippen molar-refractivity contribution in [2.24, 2.45) is 0 Å². The van der Waals surface area contributed by atoms with Gasteiger partial charge in [-0.05, 0) is 37.5 Å². The minimum Gasteiger partial charge on any atom is -0.480 e. The summed E-state index contributed by atoms with van der Waals surface area (Å²) >= 11 is 3.40. The van der Waals surface area contributed by atoms with Crippen molar-refractivity contribution >= 4 is 27.6 Å². The van der Waals surface area contributed by atoms with Gasteiger partial charge in [-0.3, -0.25) is 0 Å². The molecule has 4 heteroatoms. The summed E-state index contributed by atoms with van der Waals surface area (Å²) in [6, 6.07) is 5.82. The molecule has 0 amide bonds. The van der Waals surface area contributed by atoms with Gasteiger partial charge in [-0.25, -0.2) is 4.79 Å². The number of carbonyl (C=O) groups is 1. The Balaban J connectivity index is 3.09. The molecule has 2 N–H and O–H groups in total. The predicted molar refractivity (Wildman–Crippen MR) is 73.5 cm³/mol. The quantitative estimate of drug-likeness (QED) is 0.869. The van der Waals surface area contributed by atoms with E-state index in [0.29, 0.717) is 12.8 Å². The van der Waals surface area contributed by atoms with Crippen LogP contribution in [-0.2, 0) is 4.79 Å². The Morgan fingerprint density at radius 1 is 1.41 bits per heavy atom. The van der Waals surface area contributed by atoms with Gasteiger partial charge in [-0.2, -0.15) is 0 Å². The van der Waals surface area contributed by atoms with Gasteiger partial charge in [-0.1, -0.05) is 35.8 Å². The zero-order chi connectivity index (χ0) is 13.1. The Morgan fingerprint density at radius 2 is 2.00 bits per heavy atom. The number of rotatable bonds is 5. The highest BCUT2D eigenvalue weighted by atomic mass is 79.9. The van der Waals surface area contributed by atoms with Crippen molar-refractivity contribution in [3.63, 3.8) is 0 Å². The molecule has 17 heavy (non-hydrogen) atoms. The zero-order valence-corrected chi connectivity index (χ0v) is 12.0. The van der Waals surface area contributed by atoms with Gasteiger partial charge in [0.1, 0.15) is 5.54 Å². The Bertz CT molecular complexity index is 414. The fourth-order valence-electron chi connectivity index (χ4n) is 1.77. The van der Waals surface area contributed by atoms with E-state index in [9.17, 15) is 9.90 Å². The second-order valence-electron chi connectivity index (χ2n) is 4.18. The monoisotopic (exact) mass is 299 g/mol. The van der Waals surface area contributed by atoms with E-state index in [2.05, 4.69) is 21.2 Å². The Hall–Kier alpha value is -1.03. The highest BCUT2D eigenvalue weighted by Gasteiger charge is 2.34. The summed E-state index contributed by atoms with van der Waals surface area (Å²) in [5, 5.41) is 12.5. The number of hydrogen-bond acceptors (Lipinski definition) is 2. The van der Waals surface area contributed by atoms with Crippen LogP contribution >= 0.6 is 15.9 Å². The first-order chi connectivity index (χ1) is 7.95. The van der Waals surface area contributed by atoms with E-state index >= 15 is 0 Å². The number of carboxylic acids is 1. The molecule has 1 aromatic carbocycles. The number of nitrogens with one attached hydrogen (secondary N) is 1. The van der Waals surface area contributed by atoms with Crippen LogP contribution in [0.25, 0.3) is 0 Å². The fourth-order valence-corrected chi connectivity index (χ4v) is 2.13. The maximum absolute atomic E-state index is 11.4. The van der Waals surface area contributed by atoms with E-state index < -0.39 is 11.5 Å². The molecule has 0 fully saturated rings. The minimum atomic E-state index is -0.883. The zero-order valence-electron chi connectivity index (χ0n) is 10.4. The molecular weight excluding hydrogens is 282 g/mol. The molecule has 94 valence electrons. The highest BCUT2D eigenvalue weighted by molar-refractivity contribution is 9.10. The second kappa shape index (κ2) is 5.54. The number of hydrogen-bond donors (Lipinski definition) is 2. The first-order valence-electron chi connectivity index (χ1n) is 5.73. The third-order valence-electron chi connectivity index (χ3n) is 3.19. The van der Waals surface area contributed by atoms with Gasteiger partial charge in [0.25, 0.3) is 0 Å². The molecule has 3 nitrogen and oxygen atoms in total. The van der Waals surface area contributed by atoms with E-state index in [4.69, 9.17) is 0 Å². The molecule has 0 aliphatic carbocycles. The molecule has 0 saturated carbocycles. The number of benzene rings is 1. The van der Waals surface area contributed by atoms with Crippen LogP contribution in [0.1, 0.15) is 32.3 Å². The summed E-state index contributed by atoms with van der Waals surface area (Å²) in [4.78, 5) is 11.4. The van der Waals surface area contributed by atoms with Gasteiger partial charge in [0.05, 0.1) is 0 Å². The first kappa shape index (κ1) is 14.0. The Kier molecular flexibility index (Phi) is 4.57. The van der Waals surface area contributed by atoms with Crippen molar-refractivity contribution < 1.29 is 9.90 Å². The summed E-state index contributed by atoms with van der Waals surface area (Å²) in [7, 11) is 0. The summed E-state index contributed by atoms with van der Waals surface area (Å²) in [5.74, 6) is -0.804. The third kappa shape index (κ3) is 3.00. The molecule has 0 aliphatic rings. The SMILES string of the molecule is CCC(CC)(Nc1cc(Br)ccc1C)C(=O)O. The number of aryl methyl sites for hydroxylation is 1. The van der Waals surface area contributed by atoms with Gasteiger partial charge in [-0.15, -0.1) is 0 Å². The maximum Gasteiger partial charge on any atom is 0.329 e. The molecule has 0 spiro atoms. The minimum absolute atomic E-state index is 0.546. The maximum atomic E-state index is 11.4. The van der Waals surface area contributed by atoms with E-state index in [0.717, 1.165) is 15.7 Å². The lowest BCUT2D eigenvalue weighted by molar-refractivity contribution is -0.142. The number of anilines is 1. The normalized spacial score (nSPS) is 11.3. The molecule has 0 unspecified atom stereocenters. The number of aliphatic carboxylic acids is 1. The molecule has 1 aromatic rings. The molecule has 1 rings (SSSR count). The van der Waals surface area contributed by atoms with Crippen molar-refractivity contribution in [1.82, 2.24) is 0 Å². The van der Waals surface area contributed by atoms with Crippen LogP contribution in [0.3, 0.4) is 0 Å². The van der Waals surface area contributed by atoms with Crippen LogP contribution in [0.2, 0.25) is 0 Å². The van der Waals surface area contributed by atoms with Crippen molar-refractivity contribution in [3.05, 3.63) is 28.2 Å². The topological polar surface area (TPSA) is 49.3 Å². The summed E-state index contributed by atoms with van der Waals surface area (Å²) < 4.78 is 0.942. The lowest BCUT2D eigenvalue weighted by Gasteiger charge is -2.30. The summed E-state index contributed by atoms with van der Waals surface area (Å²) in [6.45, 7) is 5.74. The molecule has 0 bridgehead atoms. The second-order valence-corrected chi connectivity index (χ2v) is 5.09. The first-order valence-corrected chi connectivity index (χ1v) is 6.52. The standard InChI is InChI=1S/C13H18BrNO2/c1-4-13(5-2,12(16)17)15-11-8-10(14)7-6-9(11)3/h6-8,15H,4-5H2,1-3H3,(H,16,17). The fraction of sp³-hybridized carbons (Fsp3) is 0.462. The Morgan fingerprint density at radius 3 is 2.47 bits per heavy atom. The lowest BCUT2D eigenvalue weighted by atomic mass is 9.92. The van der Waals surface area contributed by atoms with Gasteiger partial charge >= 0.3 is 5.97 Å². The van der Waals surface area contributed by atoms with Crippen LogP contribution < -0.4 is 5.32 Å². The van der Waals surface area contributed by atoms with Crippen molar-refractivity contribution in [1.29, 1.82) is 0 Å². The Labute approximate surface area is 110 Å². The lowest BCUT2D eigenvalue weighted by Crippen LogP contribution is -2.45. The van der Waals surface area contributed by atoms with Gasteiger partial charge in [0.2, 0.25) is 0 Å². The molecule has 0 saturated heterocycles. The summed E-state index contributed by atoms with van der Waals surface area (Å²) in [6.07, 6.45) is 1.09. The average molecular weight is 300 g/mol. The third-order valence-corrected chi connectivity index (χ3v) is 3.68. The van der Waals surface area contributed by atoms with Crippen molar-refractivity contribution in [3.8, 4) is 0 Å². The highest BCUT2D eigenvalue weighted by Crippen LogP contribution is 2.27. The average Bonchev–Trinajstić information content (AvgIpc) is 2.30. The van der Waals surface area contributed by atoms with Crippen LogP contribution in [-0.4, -0.2) is 16.6 Å². The van der Waals surface area contributed by atoms with E-state index in [-0.39, 0.29) is 0 Å². The van der Waals surface area contributed by atoms with E-state index in [1.54, 1.807) is 0 Å². The van der Waals surface area contributed by atoms with Crippen LogP contribution in [0.15, 0.2) is 22.7 Å². The van der Waals surface area contributed by atoms with E-state index in [1.165, 1.54) is 0 Å². The van der Waals surface area contributed by atoms with Gasteiger partial charge in [0.15, 0.2) is 0 Å². The summed E-state index contributed by atoms with van der Waals surface area (Å²) in [5.41, 5.74) is 1.03. The van der Waals surface area contributed by atoms with Crippen LogP contribution in [0.5, 0.6) is 0 Å². The van der Waals surface area contributed by atoms with E-state index in [1.807, 2.05) is 39.0 Å². The number of carboxylic acid groups (broad SMARTS) is 1. The molecule has 0 radical (unpaired) electrons. The molecule has 0 aliphatic heterocycles. The molecular formula is C13H18BrNO2. The molecule has 0 heterocycles. The predicted octanol–water partition coefficient (Wildman–Crippen LogP) is 3.81. The van der Waals surface area contributed by atoms with Gasteiger partial charge in [0, 0.05) is 10.2 Å². The molecule has 0 atom stereocenters. The van der Waals surface area contributed by atoms with Crippen molar-refractivity contribution in [2.45, 2.75) is 39.2 Å². The van der Waals surface area contributed by atoms with Crippen LogP contribution in [0, 0.1) is 6.92 Å². The van der Waals surface area contributed by atoms with Gasteiger partial charge < -0.3 is 10.4 Å². The largest absolute Gasteiger partial charge is 0.480 e. The van der Waals surface area contributed by atoms with Crippen molar-refractivity contribution in [2.75, 3.05) is 5.32 Å².